The third-order valence-electron chi connectivity index (χ3n) is 4.76. The second kappa shape index (κ2) is 7.03. The SMILES string of the molecule is CCC(C)C1NC(=O)C(C(C)C)N(C2CCCSC2)C1=O. The van der Waals surface area contributed by atoms with E-state index in [0.29, 0.717) is 0 Å². The highest BCUT2D eigenvalue weighted by atomic mass is 32.2. The van der Waals surface area contributed by atoms with Gasteiger partial charge in [-0.05, 0) is 30.4 Å². The maximum absolute atomic E-state index is 13.0. The molecule has 0 radical (unpaired) electrons. The predicted octanol–water partition coefficient (Wildman–Crippen LogP) is 2.28. The van der Waals surface area contributed by atoms with Crippen LogP contribution in [0.2, 0.25) is 0 Å². The summed E-state index contributed by atoms with van der Waals surface area (Å²) in [7, 11) is 0. The fraction of sp³-hybridized carbons (Fsp3) is 0.875. The molecule has 1 N–H and O–H groups in total. The number of amides is 2. The summed E-state index contributed by atoms with van der Waals surface area (Å²) in [5.74, 6) is 2.65. The van der Waals surface area contributed by atoms with Gasteiger partial charge in [-0.1, -0.05) is 34.1 Å². The first kappa shape index (κ1) is 16.7. The van der Waals surface area contributed by atoms with Gasteiger partial charge in [0.15, 0.2) is 0 Å². The molecule has 5 heteroatoms. The van der Waals surface area contributed by atoms with Crippen LogP contribution in [0.5, 0.6) is 0 Å². The summed E-state index contributed by atoms with van der Waals surface area (Å²) in [6.45, 7) is 8.18. The first-order valence-corrected chi connectivity index (χ1v) is 9.33. The molecule has 0 spiro atoms. The summed E-state index contributed by atoms with van der Waals surface area (Å²) >= 11 is 1.90. The summed E-state index contributed by atoms with van der Waals surface area (Å²) in [5, 5.41) is 2.98. The van der Waals surface area contributed by atoms with Gasteiger partial charge in [0.1, 0.15) is 12.1 Å². The Morgan fingerprint density at radius 1 is 1.33 bits per heavy atom. The highest BCUT2D eigenvalue weighted by molar-refractivity contribution is 7.99. The molecule has 2 saturated heterocycles. The van der Waals surface area contributed by atoms with E-state index in [1.54, 1.807) is 0 Å². The Hall–Kier alpha value is -0.710. The number of hydrogen-bond donors (Lipinski definition) is 1. The highest BCUT2D eigenvalue weighted by Crippen LogP contribution is 2.29. The third kappa shape index (κ3) is 3.38. The van der Waals surface area contributed by atoms with Crippen molar-refractivity contribution in [1.82, 2.24) is 10.2 Å². The van der Waals surface area contributed by atoms with Crippen LogP contribution in [0.25, 0.3) is 0 Å². The van der Waals surface area contributed by atoms with E-state index in [-0.39, 0.29) is 41.8 Å². The van der Waals surface area contributed by atoms with E-state index in [2.05, 4.69) is 12.2 Å². The van der Waals surface area contributed by atoms with Gasteiger partial charge >= 0.3 is 0 Å². The second-order valence-electron chi connectivity index (χ2n) is 6.68. The lowest BCUT2D eigenvalue weighted by Crippen LogP contribution is -2.68. The van der Waals surface area contributed by atoms with Gasteiger partial charge in [0.25, 0.3) is 0 Å². The molecule has 2 rings (SSSR count). The fourth-order valence-electron chi connectivity index (χ4n) is 3.32. The molecule has 0 aromatic rings. The normalized spacial score (nSPS) is 32.2. The molecule has 2 amide bonds. The molecule has 0 bridgehead atoms. The van der Waals surface area contributed by atoms with Crippen molar-refractivity contribution in [2.24, 2.45) is 11.8 Å². The highest BCUT2D eigenvalue weighted by Gasteiger charge is 2.46. The quantitative estimate of drug-likeness (QED) is 0.866. The topological polar surface area (TPSA) is 49.4 Å². The Morgan fingerprint density at radius 2 is 2.05 bits per heavy atom. The van der Waals surface area contributed by atoms with Crippen LogP contribution >= 0.6 is 11.8 Å². The van der Waals surface area contributed by atoms with Crippen molar-refractivity contribution in [1.29, 1.82) is 0 Å². The molecule has 2 fully saturated rings. The lowest BCUT2D eigenvalue weighted by atomic mass is 9.89. The fourth-order valence-corrected chi connectivity index (χ4v) is 4.46. The summed E-state index contributed by atoms with van der Waals surface area (Å²) in [6, 6.07) is -0.424. The molecular formula is C16H28N2O2S. The van der Waals surface area contributed by atoms with Crippen molar-refractivity contribution in [3.05, 3.63) is 0 Å². The molecule has 21 heavy (non-hydrogen) atoms. The Morgan fingerprint density at radius 3 is 2.57 bits per heavy atom. The van der Waals surface area contributed by atoms with Crippen molar-refractivity contribution < 1.29 is 9.59 Å². The number of nitrogens with one attached hydrogen (secondary N) is 1. The van der Waals surface area contributed by atoms with E-state index in [0.717, 1.165) is 25.0 Å². The maximum atomic E-state index is 13.0. The van der Waals surface area contributed by atoms with Gasteiger partial charge in [-0.15, -0.1) is 0 Å². The molecule has 0 aromatic heterocycles. The Labute approximate surface area is 132 Å². The zero-order valence-corrected chi connectivity index (χ0v) is 14.4. The minimum atomic E-state index is -0.343. The molecular weight excluding hydrogens is 284 g/mol. The minimum absolute atomic E-state index is 0.0328. The van der Waals surface area contributed by atoms with Crippen molar-refractivity contribution in [2.45, 2.75) is 65.1 Å². The first-order chi connectivity index (χ1) is 9.97. The lowest BCUT2D eigenvalue weighted by molar-refractivity contribution is -0.155. The molecule has 120 valence electrons. The first-order valence-electron chi connectivity index (χ1n) is 8.17. The summed E-state index contributed by atoms with van der Waals surface area (Å²) in [5.41, 5.74) is 0. The van der Waals surface area contributed by atoms with Crippen LogP contribution in [0.15, 0.2) is 0 Å². The number of thioether (sulfide) groups is 1. The molecule has 0 saturated carbocycles. The van der Waals surface area contributed by atoms with E-state index in [1.807, 2.05) is 37.4 Å². The van der Waals surface area contributed by atoms with Crippen LogP contribution in [-0.4, -0.2) is 46.3 Å². The molecule has 0 aliphatic carbocycles. The maximum Gasteiger partial charge on any atom is 0.246 e. The number of hydrogen-bond acceptors (Lipinski definition) is 3. The van der Waals surface area contributed by atoms with Crippen molar-refractivity contribution in [3.63, 3.8) is 0 Å². The zero-order valence-electron chi connectivity index (χ0n) is 13.6. The van der Waals surface area contributed by atoms with Crippen molar-refractivity contribution >= 4 is 23.6 Å². The van der Waals surface area contributed by atoms with Gasteiger partial charge in [-0.3, -0.25) is 9.59 Å². The molecule has 2 heterocycles. The standard InChI is InChI=1S/C16H28N2O2S/c1-5-11(4)13-16(20)18(12-7-6-8-21-9-12)14(10(2)3)15(19)17-13/h10-14H,5-9H2,1-4H3,(H,17,19). The average Bonchev–Trinajstić information content (AvgIpc) is 2.48. The number of piperazine rings is 1. The van der Waals surface area contributed by atoms with Gasteiger partial charge in [-0.2, -0.15) is 11.8 Å². The molecule has 0 aromatic carbocycles. The Bertz CT molecular complexity index is 394. The van der Waals surface area contributed by atoms with Gasteiger partial charge in [0.2, 0.25) is 11.8 Å². The summed E-state index contributed by atoms with van der Waals surface area (Å²) in [4.78, 5) is 27.5. The largest absolute Gasteiger partial charge is 0.342 e. The number of carbonyl (C=O) groups excluding carboxylic acids is 2. The monoisotopic (exact) mass is 312 g/mol. The van der Waals surface area contributed by atoms with Crippen LogP contribution in [-0.2, 0) is 9.59 Å². The Kier molecular flexibility index (Phi) is 5.58. The lowest BCUT2D eigenvalue weighted by Gasteiger charge is -2.47. The van der Waals surface area contributed by atoms with Gasteiger partial charge < -0.3 is 10.2 Å². The smallest absolute Gasteiger partial charge is 0.246 e. The minimum Gasteiger partial charge on any atom is -0.342 e. The number of nitrogens with zero attached hydrogens (tertiary/aromatic N) is 1. The van der Waals surface area contributed by atoms with Crippen molar-refractivity contribution in [2.75, 3.05) is 11.5 Å². The van der Waals surface area contributed by atoms with E-state index >= 15 is 0 Å². The summed E-state index contributed by atoms with van der Waals surface area (Å²) < 4.78 is 0. The molecule has 4 atom stereocenters. The van der Waals surface area contributed by atoms with Crippen LogP contribution < -0.4 is 5.32 Å². The van der Waals surface area contributed by atoms with Crippen molar-refractivity contribution in [3.8, 4) is 0 Å². The van der Waals surface area contributed by atoms with Gasteiger partial charge in [0.05, 0.1) is 0 Å². The predicted molar refractivity (Wildman–Crippen MR) is 87.2 cm³/mol. The molecule has 4 nitrogen and oxygen atoms in total. The Balaban J connectivity index is 2.27. The van der Waals surface area contributed by atoms with E-state index in [4.69, 9.17) is 0 Å². The second-order valence-corrected chi connectivity index (χ2v) is 7.83. The molecule has 2 aliphatic heterocycles. The molecule has 2 aliphatic rings. The van der Waals surface area contributed by atoms with E-state index < -0.39 is 0 Å². The zero-order chi connectivity index (χ0) is 15.6. The van der Waals surface area contributed by atoms with E-state index in [9.17, 15) is 9.59 Å². The number of rotatable bonds is 4. The average molecular weight is 312 g/mol. The van der Waals surface area contributed by atoms with Crippen LogP contribution in [0, 0.1) is 11.8 Å². The molecule has 4 unspecified atom stereocenters. The van der Waals surface area contributed by atoms with Crippen LogP contribution in [0.4, 0.5) is 0 Å². The van der Waals surface area contributed by atoms with Crippen LogP contribution in [0.1, 0.15) is 47.0 Å². The van der Waals surface area contributed by atoms with Gasteiger partial charge in [0, 0.05) is 11.8 Å². The number of carbonyl (C=O) groups is 2. The van der Waals surface area contributed by atoms with Gasteiger partial charge in [-0.25, -0.2) is 0 Å². The third-order valence-corrected chi connectivity index (χ3v) is 5.96. The van der Waals surface area contributed by atoms with E-state index in [1.165, 1.54) is 5.75 Å². The summed E-state index contributed by atoms with van der Waals surface area (Å²) in [6.07, 6.45) is 3.07. The van der Waals surface area contributed by atoms with Crippen LogP contribution in [0.3, 0.4) is 0 Å².